The van der Waals surface area contributed by atoms with Crippen molar-refractivity contribution in [3.63, 3.8) is 0 Å². The lowest BCUT2D eigenvalue weighted by molar-refractivity contribution is -0.116. The number of aliphatic hydroxyl groups is 1. The predicted molar refractivity (Wildman–Crippen MR) is 37.8 cm³/mol. The van der Waals surface area contributed by atoms with Gasteiger partial charge in [-0.05, 0) is 6.92 Å². The number of hydrogen-bond acceptors (Lipinski definition) is 4. The van der Waals surface area contributed by atoms with Crippen molar-refractivity contribution < 1.29 is 14.7 Å². The van der Waals surface area contributed by atoms with Crippen LogP contribution in [0.3, 0.4) is 0 Å². The topological polar surface area (TPSA) is 54.4 Å². The van der Waals surface area contributed by atoms with Gasteiger partial charge in [0.25, 0.3) is 0 Å². The van der Waals surface area contributed by atoms with Crippen molar-refractivity contribution in [2.45, 2.75) is 6.92 Å². The van der Waals surface area contributed by atoms with Crippen LogP contribution in [-0.4, -0.2) is 21.8 Å². The van der Waals surface area contributed by atoms with Gasteiger partial charge >= 0.3 is 0 Å². The van der Waals surface area contributed by atoms with Gasteiger partial charge < -0.3 is 5.11 Å². The zero-order valence-electron chi connectivity index (χ0n) is 5.38. The van der Waals surface area contributed by atoms with E-state index in [1.165, 1.54) is 6.92 Å². The molecule has 0 radical (unpaired) electrons. The summed E-state index contributed by atoms with van der Waals surface area (Å²) in [5.41, 5.74) is -0.0370. The predicted octanol–water partition coefficient (Wildman–Crippen LogP) is 0.661. The highest BCUT2D eigenvalue weighted by Gasteiger charge is 2.26. The highest BCUT2D eigenvalue weighted by atomic mass is 32.2. The van der Waals surface area contributed by atoms with Crippen molar-refractivity contribution in [3.8, 4) is 0 Å². The molecule has 1 aliphatic heterocycles. The normalized spacial score (nSPS) is 18.3. The third-order valence-electron chi connectivity index (χ3n) is 1.18. The van der Waals surface area contributed by atoms with Crippen LogP contribution in [0.1, 0.15) is 6.92 Å². The first-order valence-electron chi connectivity index (χ1n) is 2.73. The molecule has 1 heterocycles. The van der Waals surface area contributed by atoms with Crippen molar-refractivity contribution in [1.29, 1.82) is 0 Å². The molecule has 54 valence electrons. The van der Waals surface area contributed by atoms with Crippen LogP contribution in [0.15, 0.2) is 11.3 Å². The van der Waals surface area contributed by atoms with E-state index < -0.39 is 0 Å². The smallest absolute Gasteiger partial charge is 0.226 e. The van der Waals surface area contributed by atoms with Gasteiger partial charge in [-0.25, -0.2) is 0 Å². The Morgan fingerprint density at radius 3 is 2.50 bits per heavy atom. The van der Waals surface area contributed by atoms with E-state index in [2.05, 4.69) is 0 Å². The maximum atomic E-state index is 10.8. The molecule has 4 heteroatoms. The Bertz CT molecular complexity index is 229. The second-order valence-electron chi connectivity index (χ2n) is 1.95. The Labute approximate surface area is 62.1 Å². The zero-order chi connectivity index (χ0) is 7.72. The molecule has 1 N–H and O–H groups in total. The minimum absolute atomic E-state index is 0.0370. The van der Waals surface area contributed by atoms with Crippen LogP contribution >= 0.6 is 11.8 Å². The number of aliphatic hydroxyl groups excluding tert-OH is 1. The number of hydrogen-bond donors (Lipinski definition) is 1. The molecule has 0 aromatic carbocycles. The molecule has 1 rings (SSSR count). The zero-order valence-corrected chi connectivity index (χ0v) is 6.20. The van der Waals surface area contributed by atoms with Crippen LogP contribution in [0, 0.1) is 0 Å². The van der Waals surface area contributed by atoms with Crippen molar-refractivity contribution in [2.75, 3.05) is 5.75 Å². The fourth-order valence-corrected chi connectivity index (χ4v) is 1.56. The van der Waals surface area contributed by atoms with Gasteiger partial charge in [-0.1, -0.05) is 11.8 Å². The van der Waals surface area contributed by atoms with Crippen LogP contribution in [0.25, 0.3) is 0 Å². The highest BCUT2D eigenvalue weighted by molar-refractivity contribution is 8.14. The second-order valence-corrected chi connectivity index (χ2v) is 2.90. The van der Waals surface area contributed by atoms with Gasteiger partial charge in [0.1, 0.15) is 11.3 Å². The van der Waals surface area contributed by atoms with Crippen molar-refractivity contribution in [3.05, 3.63) is 11.3 Å². The molecule has 0 unspecified atom stereocenters. The van der Waals surface area contributed by atoms with Crippen molar-refractivity contribution in [2.24, 2.45) is 0 Å². The summed E-state index contributed by atoms with van der Waals surface area (Å²) in [6.45, 7) is 1.27. The molecule has 0 aromatic rings. The summed E-state index contributed by atoms with van der Waals surface area (Å²) in [6, 6.07) is 0. The van der Waals surface area contributed by atoms with Gasteiger partial charge in [0.15, 0.2) is 5.78 Å². The van der Waals surface area contributed by atoms with E-state index in [0.29, 0.717) is 0 Å². The number of Topliss-reactive ketones (excluding diaryl/α,β-unsaturated/α-hetero) is 1. The van der Waals surface area contributed by atoms with Crippen molar-refractivity contribution >= 4 is 22.7 Å². The van der Waals surface area contributed by atoms with Crippen LogP contribution < -0.4 is 0 Å². The van der Waals surface area contributed by atoms with Crippen LogP contribution in [-0.2, 0) is 9.59 Å². The Balaban J connectivity index is 2.99. The van der Waals surface area contributed by atoms with Crippen molar-refractivity contribution in [1.82, 2.24) is 0 Å². The molecule has 0 atom stereocenters. The van der Waals surface area contributed by atoms with Crippen LogP contribution in [0.4, 0.5) is 0 Å². The monoisotopic (exact) mass is 158 g/mol. The molecule has 0 saturated carbocycles. The van der Waals surface area contributed by atoms with Gasteiger partial charge in [-0.15, -0.1) is 0 Å². The van der Waals surface area contributed by atoms with Gasteiger partial charge in [0.05, 0.1) is 5.75 Å². The molecule has 0 amide bonds. The molecule has 0 aliphatic carbocycles. The number of carbonyl (C=O) groups excluding carboxylic acids is 2. The second kappa shape index (κ2) is 2.46. The van der Waals surface area contributed by atoms with Gasteiger partial charge in [-0.3, -0.25) is 9.59 Å². The molecule has 0 bridgehead atoms. The average molecular weight is 158 g/mol. The Morgan fingerprint density at radius 1 is 1.70 bits per heavy atom. The average Bonchev–Trinajstić information content (AvgIpc) is 2.11. The summed E-state index contributed by atoms with van der Waals surface area (Å²) in [7, 11) is 0. The summed E-state index contributed by atoms with van der Waals surface area (Å²) in [4.78, 5) is 21.4. The summed E-state index contributed by atoms with van der Waals surface area (Å²) in [5, 5.41) is 8.63. The Morgan fingerprint density at radius 2 is 2.30 bits per heavy atom. The molecule has 1 aliphatic rings. The van der Waals surface area contributed by atoms with Gasteiger partial charge in [0.2, 0.25) is 5.12 Å². The largest absolute Gasteiger partial charge is 0.510 e. The number of carbonyl (C=O) groups is 2. The summed E-state index contributed by atoms with van der Waals surface area (Å²) >= 11 is 0.958. The van der Waals surface area contributed by atoms with E-state index in [1.54, 1.807) is 0 Å². The molecule has 0 fully saturated rings. The fourth-order valence-electron chi connectivity index (χ4n) is 0.743. The van der Waals surface area contributed by atoms with E-state index in [0.717, 1.165) is 11.8 Å². The van der Waals surface area contributed by atoms with E-state index in [-0.39, 0.29) is 28.0 Å². The quantitative estimate of drug-likeness (QED) is 0.569. The van der Waals surface area contributed by atoms with Crippen LogP contribution in [0.5, 0.6) is 0 Å². The van der Waals surface area contributed by atoms with E-state index in [1.807, 2.05) is 0 Å². The minimum atomic E-state index is -0.354. The lowest BCUT2D eigenvalue weighted by atomic mass is 10.2. The maximum absolute atomic E-state index is 10.8. The highest BCUT2D eigenvalue weighted by Crippen LogP contribution is 2.24. The van der Waals surface area contributed by atoms with Gasteiger partial charge in [0, 0.05) is 0 Å². The Kier molecular flexibility index (Phi) is 1.80. The molecule has 10 heavy (non-hydrogen) atoms. The first kappa shape index (κ1) is 7.34. The lowest BCUT2D eigenvalue weighted by Gasteiger charge is -1.90. The number of thioether (sulfide) groups is 1. The third-order valence-corrected chi connectivity index (χ3v) is 2.07. The van der Waals surface area contributed by atoms with E-state index >= 15 is 0 Å². The molecule has 0 saturated heterocycles. The fraction of sp³-hybridized carbons (Fsp3) is 0.333. The van der Waals surface area contributed by atoms with E-state index in [4.69, 9.17) is 5.11 Å². The third kappa shape index (κ3) is 1.07. The lowest BCUT2D eigenvalue weighted by Crippen LogP contribution is -2.03. The van der Waals surface area contributed by atoms with Gasteiger partial charge in [-0.2, -0.15) is 0 Å². The minimum Gasteiger partial charge on any atom is -0.510 e. The summed E-state index contributed by atoms with van der Waals surface area (Å²) < 4.78 is 0. The van der Waals surface area contributed by atoms with E-state index in [9.17, 15) is 9.59 Å². The standard InChI is InChI=1S/C6H6O3S/c1-3(7)5-4(8)2-10-6(5)9/h8H,2H2,1H3. The molecule has 0 spiro atoms. The summed E-state index contributed by atoms with van der Waals surface area (Å²) in [6.07, 6.45) is 0. The molecule has 0 aromatic heterocycles. The first-order chi connectivity index (χ1) is 4.63. The summed E-state index contributed by atoms with van der Waals surface area (Å²) in [5.74, 6) is -0.191. The Hall–Kier alpha value is -0.770. The van der Waals surface area contributed by atoms with Crippen LogP contribution in [0.2, 0.25) is 0 Å². The number of ketones is 1. The maximum Gasteiger partial charge on any atom is 0.226 e. The number of rotatable bonds is 1. The molecular formula is C6H6O3S. The molecular weight excluding hydrogens is 152 g/mol. The SMILES string of the molecule is CC(=O)C1=C(O)CSC1=O. The molecule has 3 nitrogen and oxygen atoms in total. The first-order valence-corrected chi connectivity index (χ1v) is 3.71.